The summed E-state index contributed by atoms with van der Waals surface area (Å²) in [6, 6.07) is 5.74. The van der Waals surface area contributed by atoms with Crippen LogP contribution in [0.5, 0.6) is 0 Å². The molecule has 0 unspecified atom stereocenters. The Morgan fingerprint density at radius 2 is 1.47 bits per heavy atom. The predicted octanol–water partition coefficient (Wildman–Crippen LogP) is 3.95. The summed E-state index contributed by atoms with van der Waals surface area (Å²) in [5, 5.41) is 0. The van der Waals surface area contributed by atoms with Crippen LogP contribution in [0.3, 0.4) is 0 Å². The molecule has 0 saturated heterocycles. The van der Waals surface area contributed by atoms with Gasteiger partial charge in [0.25, 0.3) is 0 Å². The fourth-order valence-corrected chi connectivity index (χ4v) is 1.79. The number of hydrogen-bond acceptors (Lipinski definition) is 1. The highest BCUT2D eigenvalue weighted by atomic mass is 19.1. The van der Waals surface area contributed by atoms with E-state index in [2.05, 4.69) is 0 Å². The number of carbonyl (C=O) groups excluding carboxylic acids is 1. The summed E-state index contributed by atoms with van der Waals surface area (Å²) >= 11 is 0. The van der Waals surface area contributed by atoms with Crippen molar-refractivity contribution in [2.24, 2.45) is 0 Å². The van der Waals surface area contributed by atoms with Crippen molar-refractivity contribution in [3.8, 4) is 0 Å². The molecule has 0 saturated carbocycles. The monoisotopic (exact) mass is 264 g/mol. The van der Waals surface area contributed by atoms with E-state index in [-0.39, 0.29) is 5.56 Å². The first-order valence-corrected chi connectivity index (χ1v) is 5.66. The fourth-order valence-electron chi connectivity index (χ4n) is 1.79. The molecule has 1 nitrogen and oxygen atoms in total. The molecule has 0 aliphatic heterocycles. The Morgan fingerprint density at radius 1 is 0.895 bits per heavy atom. The van der Waals surface area contributed by atoms with Crippen LogP contribution in [0.1, 0.15) is 27.0 Å². The molecule has 0 spiro atoms. The Kier molecular flexibility index (Phi) is 3.42. The third kappa shape index (κ3) is 2.52. The largest absolute Gasteiger partial charge is 0.288 e. The van der Waals surface area contributed by atoms with Gasteiger partial charge in [-0.25, -0.2) is 13.2 Å². The molecule has 0 N–H and O–H groups in total. The highest BCUT2D eigenvalue weighted by Gasteiger charge is 2.20. The van der Waals surface area contributed by atoms with Crippen LogP contribution < -0.4 is 0 Å². The summed E-state index contributed by atoms with van der Waals surface area (Å²) in [6.07, 6.45) is 0. The molecule has 4 heteroatoms. The molecular weight excluding hydrogens is 253 g/mol. The first-order valence-electron chi connectivity index (χ1n) is 5.66. The average Bonchev–Trinajstić information content (AvgIpc) is 2.31. The molecule has 0 fully saturated rings. The minimum Gasteiger partial charge on any atom is -0.288 e. The maximum Gasteiger partial charge on any atom is 0.198 e. The molecule has 19 heavy (non-hydrogen) atoms. The van der Waals surface area contributed by atoms with Gasteiger partial charge in [0.15, 0.2) is 5.78 Å². The summed E-state index contributed by atoms with van der Waals surface area (Å²) < 4.78 is 39.9. The van der Waals surface area contributed by atoms with Gasteiger partial charge in [-0.05, 0) is 31.0 Å². The van der Waals surface area contributed by atoms with Crippen LogP contribution in [0, 0.1) is 31.3 Å². The van der Waals surface area contributed by atoms with Crippen molar-refractivity contribution in [1.82, 2.24) is 0 Å². The number of rotatable bonds is 2. The van der Waals surface area contributed by atoms with Crippen LogP contribution in [-0.4, -0.2) is 5.78 Å². The van der Waals surface area contributed by atoms with E-state index in [9.17, 15) is 18.0 Å². The molecular formula is C15H11F3O. The number of benzene rings is 2. The third-order valence-corrected chi connectivity index (χ3v) is 3.00. The number of aryl methyl sites for hydroxylation is 2. The lowest BCUT2D eigenvalue weighted by molar-refractivity contribution is 0.103. The van der Waals surface area contributed by atoms with Crippen molar-refractivity contribution in [1.29, 1.82) is 0 Å². The number of carbonyl (C=O) groups is 1. The van der Waals surface area contributed by atoms with Gasteiger partial charge in [0, 0.05) is 17.7 Å². The van der Waals surface area contributed by atoms with Crippen LogP contribution in [-0.2, 0) is 0 Å². The standard InChI is InChI=1S/C15H11F3O/c1-8-3-4-10(5-9(8)2)15(19)14-12(17)6-11(16)7-13(14)18/h3-7H,1-2H3. The first-order chi connectivity index (χ1) is 8.90. The summed E-state index contributed by atoms with van der Waals surface area (Å²) in [5.74, 6) is -4.23. The maximum atomic E-state index is 13.5. The Hall–Kier alpha value is -2.10. The van der Waals surface area contributed by atoms with Crippen molar-refractivity contribution < 1.29 is 18.0 Å². The Labute approximate surface area is 108 Å². The smallest absolute Gasteiger partial charge is 0.198 e. The Balaban J connectivity index is 2.53. The molecule has 2 rings (SSSR count). The van der Waals surface area contributed by atoms with Gasteiger partial charge in [-0.3, -0.25) is 4.79 Å². The minimum absolute atomic E-state index is 0.174. The van der Waals surface area contributed by atoms with Crippen molar-refractivity contribution in [2.75, 3.05) is 0 Å². The fraction of sp³-hybridized carbons (Fsp3) is 0.133. The lowest BCUT2D eigenvalue weighted by Gasteiger charge is -2.07. The normalized spacial score (nSPS) is 10.6. The van der Waals surface area contributed by atoms with E-state index in [1.165, 1.54) is 6.07 Å². The van der Waals surface area contributed by atoms with Crippen LogP contribution in [0.25, 0.3) is 0 Å². The SMILES string of the molecule is Cc1ccc(C(=O)c2c(F)cc(F)cc2F)cc1C. The van der Waals surface area contributed by atoms with Gasteiger partial charge in [0.2, 0.25) is 0 Å². The van der Waals surface area contributed by atoms with Gasteiger partial charge in [0.1, 0.15) is 17.5 Å². The number of halogens is 3. The summed E-state index contributed by atoms with van der Waals surface area (Å²) in [7, 11) is 0. The molecule has 2 aromatic carbocycles. The molecule has 0 aromatic heterocycles. The van der Waals surface area contributed by atoms with Crippen molar-refractivity contribution in [3.05, 3.63) is 70.0 Å². The highest BCUT2D eigenvalue weighted by molar-refractivity contribution is 6.09. The molecule has 0 atom stereocenters. The number of ketones is 1. The Bertz CT molecular complexity index is 639. The summed E-state index contributed by atoms with van der Waals surface area (Å²) in [5.41, 5.74) is 1.25. The van der Waals surface area contributed by atoms with Crippen LogP contribution >= 0.6 is 0 Å². The molecule has 0 heterocycles. The van der Waals surface area contributed by atoms with E-state index in [1.807, 2.05) is 6.92 Å². The van der Waals surface area contributed by atoms with Gasteiger partial charge in [0.05, 0.1) is 5.56 Å². The zero-order chi connectivity index (χ0) is 14.2. The highest BCUT2D eigenvalue weighted by Crippen LogP contribution is 2.20. The second kappa shape index (κ2) is 4.88. The van der Waals surface area contributed by atoms with Gasteiger partial charge < -0.3 is 0 Å². The second-order valence-corrected chi connectivity index (χ2v) is 4.37. The molecule has 98 valence electrons. The van der Waals surface area contributed by atoms with E-state index in [0.717, 1.165) is 11.1 Å². The van der Waals surface area contributed by atoms with Crippen molar-refractivity contribution in [3.63, 3.8) is 0 Å². The van der Waals surface area contributed by atoms with Gasteiger partial charge in [-0.15, -0.1) is 0 Å². The molecule has 2 aromatic rings. The zero-order valence-corrected chi connectivity index (χ0v) is 10.4. The van der Waals surface area contributed by atoms with Crippen LogP contribution in [0.15, 0.2) is 30.3 Å². The van der Waals surface area contributed by atoms with E-state index in [1.54, 1.807) is 19.1 Å². The van der Waals surface area contributed by atoms with E-state index < -0.39 is 28.8 Å². The maximum absolute atomic E-state index is 13.5. The van der Waals surface area contributed by atoms with Gasteiger partial charge >= 0.3 is 0 Å². The lowest BCUT2D eigenvalue weighted by atomic mass is 9.98. The van der Waals surface area contributed by atoms with Crippen molar-refractivity contribution >= 4 is 5.78 Å². The number of hydrogen-bond donors (Lipinski definition) is 0. The second-order valence-electron chi connectivity index (χ2n) is 4.37. The molecule has 0 amide bonds. The van der Waals surface area contributed by atoms with Crippen LogP contribution in [0.4, 0.5) is 13.2 Å². The quantitative estimate of drug-likeness (QED) is 0.750. The molecule has 0 aliphatic carbocycles. The minimum atomic E-state index is -1.19. The molecule has 0 radical (unpaired) electrons. The first kappa shape index (κ1) is 13.3. The van der Waals surface area contributed by atoms with E-state index in [4.69, 9.17) is 0 Å². The predicted molar refractivity (Wildman–Crippen MR) is 65.7 cm³/mol. The third-order valence-electron chi connectivity index (χ3n) is 3.00. The van der Waals surface area contributed by atoms with Crippen molar-refractivity contribution in [2.45, 2.75) is 13.8 Å². The van der Waals surface area contributed by atoms with E-state index in [0.29, 0.717) is 12.1 Å². The average molecular weight is 264 g/mol. The van der Waals surface area contributed by atoms with Gasteiger partial charge in [-0.1, -0.05) is 12.1 Å². The molecule has 0 bridgehead atoms. The zero-order valence-electron chi connectivity index (χ0n) is 10.4. The van der Waals surface area contributed by atoms with E-state index >= 15 is 0 Å². The lowest BCUT2D eigenvalue weighted by Crippen LogP contribution is -2.08. The van der Waals surface area contributed by atoms with Crippen LogP contribution in [0.2, 0.25) is 0 Å². The summed E-state index contributed by atoms with van der Waals surface area (Å²) in [6.45, 7) is 3.66. The summed E-state index contributed by atoms with van der Waals surface area (Å²) in [4.78, 5) is 12.1. The Morgan fingerprint density at radius 3 is 2.00 bits per heavy atom. The van der Waals surface area contributed by atoms with Gasteiger partial charge in [-0.2, -0.15) is 0 Å². The molecule has 0 aliphatic rings. The topological polar surface area (TPSA) is 17.1 Å².